The summed E-state index contributed by atoms with van der Waals surface area (Å²) in [6.45, 7) is 0. The van der Waals surface area contributed by atoms with Crippen LogP contribution < -0.4 is 0 Å². The zero-order chi connectivity index (χ0) is 4.71. The molecule has 0 saturated carbocycles. The predicted octanol–water partition coefficient (Wildman–Crippen LogP) is 0.248. The molecule has 0 unspecified atom stereocenters. The molecule has 0 rings (SSSR count). The topological polar surface area (TPSA) is 17.1 Å². The molecule has 0 aliphatic heterocycles. The molecule has 37 valence electrons. The third kappa shape index (κ3) is 39.4. The van der Waals surface area contributed by atoms with Crippen molar-refractivity contribution in [1.82, 2.24) is 0 Å². The van der Waals surface area contributed by atoms with Crippen LogP contribution in [-0.4, -0.2) is 10.5 Å². The first-order valence-electron chi connectivity index (χ1n) is 0.749. The van der Waals surface area contributed by atoms with Crippen LogP contribution in [0.5, 0.6) is 0 Å². The second kappa shape index (κ2) is 19.3. The second-order valence-corrected chi connectivity index (χ2v) is 0.548. The van der Waals surface area contributed by atoms with Crippen molar-refractivity contribution in [1.29, 1.82) is 0 Å². The van der Waals surface area contributed by atoms with Gasteiger partial charge in [-0.3, -0.25) is 4.21 Å². The Kier molecular flexibility index (Phi) is 36.5. The summed E-state index contributed by atoms with van der Waals surface area (Å²) in [5.74, 6) is 0. The van der Waals surface area contributed by atoms with Gasteiger partial charge in [-0.05, 0) is 0 Å². The molecule has 0 N–H and O–H groups in total. The Morgan fingerprint density at radius 3 is 1.80 bits per heavy atom. The standard InChI is InChI=1S/CH4OS.ClH.Pt/c1-3-2;;/h3H,1H3;1H;/q;;+1/p-1. The summed E-state index contributed by atoms with van der Waals surface area (Å²) in [4.78, 5) is 0. The average molecular weight is 295 g/mol. The fourth-order valence-electron chi connectivity index (χ4n) is 0. The van der Waals surface area contributed by atoms with E-state index in [1.54, 1.807) is 25.0 Å². The van der Waals surface area contributed by atoms with Gasteiger partial charge < -0.3 is 0 Å². The van der Waals surface area contributed by atoms with E-state index in [1.807, 2.05) is 0 Å². The Bertz CT molecular complexity index is 19.1. The Balaban J connectivity index is 0. The zero-order valence-electron chi connectivity index (χ0n) is 2.55. The Morgan fingerprint density at radius 2 is 1.80 bits per heavy atom. The van der Waals surface area contributed by atoms with Crippen molar-refractivity contribution in [3.63, 3.8) is 0 Å². The molecule has 0 amide bonds. The van der Waals surface area contributed by atoms with Gasteiger partial charge in [-0.2, -0.15) is 0 Å². The van der Waals surface area contributed by atoms with Crippen LogP contribution in [0.15, 0.2) is 0 Å². The summed E-state index contributed by atoms with van der Waals surface area (Å²) in [7, 11) is 4.61. The van der Waals surface area contributed by atoms with Gasteiger partial charge in [-0.15, -0.1) is 0 Å². The first kappa shape index (κ1) is 9.46. The maximum absolute atomic E-state index is 8.90. The van der Waals surface area contributed by atoms with Gasteiger partial charge >= 0.3 is 28.2 Å². The number of halogens is 1. The number of thiol groups is 1. The molecule has 0 radical (unpaired) electrons. The Hall–Kier alpha value is 1.13. The van der Waals surface area contributed by atoms with Gasteiger partial charge in [0.15, 0.2) is 0 Å². The van der Waals surface area contributed by atoms with Crippen LogP contribution in [0.2, 0.25) is 0 Å². The molecule has 4 heteroatoms. The van der Waals surface area contributed by atoms with Gasteiger partial charge in [0, 0.05) is 17.9 Å². The summed E-state index contributed by atoms with van der Waals surface area (Å²) < 4.78 is 8.90. The quantitative estimate of drug-likeness (QED) is 0.634. The molecule has 0 fully saturated rings. The number of hydrogen-bond acceptors (Lipinski definition) is 1. The van der Waals surface area contributed by atoms with E-state index in [2.05, 4.69) is 9.42 Å². The molecule has 0 bridgehead atoms. The van der Waals surface area contributed by atoms with Crippen molar-refractivity contribution in [2.75, 3.05) is 6.26 Å². The van der Waals surface area contributed by atoms with Crippen molar-refractivity contribution in [3.8, 4) is 0 Å². The molecule has 0 atom stereocenters. The van der Waals surface area contributed by atoms with Crippen LogP contribution in [0.1, 0.15) is 0 Å². The monoisotopic (exact) mass is 294 g/mol. The summed E-state index contributed by atoms with van der Waals surface area (Å²) in [5, 5.41) is 0. The SMILES string of the molecule is C[SH]=O.[Cl][Pt]. The maximum atomic E-state index is 8.90. The van der Waals surface area contributed by atoms with Crippen LogP contribution in [0.25, 0.3) is 0 Å². The molecule has 0 aromatic rings. The molecule has 1 nitrogen and oxygen atoms in total. The summed E-state index contributed by atoms with van der Waals surface area (Å²) in [6, 6.07) is 0. The van der Waals surface area contributed by atoms with Crippen molar-refractivity contribution in [2.45, 2.75) is 0 Å². The average Bonchev–Trinajstić information content (AvgIpc) is 1.46. The third-order valence-electron chi connectivity index (χ3n) is 0. The van der Waals surface area contributed by atoms with Gasteiger partial charge in [0.05, 0.1) is 0 Å². The fraction of sp³-hybridized carbons (Fsp3) is 1.00. The Morgan fingerprint density at radius 1 is 1.80 bits per heavy atom. The van der Waals surface area contributed by atoms with Crippen molar-refractivity contribution in [3.05, 3.63) is 0 Å². The molecule has 0 saturated heterocycles. The first-order chi connectivity index (χ1) is 2.41. The fourth-order valence-corrected chi connectivity index (χ4v) is 0. The van der Waals surface area contributed by atoms with Gasteiger partial charge in [0.2, 0.25) is 0 Å². The minimum absolute atomic E-state index is 0.167. The molecule has 0 aliphatic carbocycles. The van der Waals surface area contributed by atoms with Crippen LogP contribution >= 0.6 is 9.42 Å². The minimum atomic E-state index is 0.167. The molecule has 0 heterocycles. The number of hydrogen-bond donors (Lipinski definition) is 1. The molecular formula is CH4ClOPtS. The molecule has 5 heavy (non-hydrogen) atoms. The molecule has 0 spiro atoms. The van der Waals surface area contributed by atoms with E-state index in [9.17, 15) is 0 Å². The second-order valence-electron chi connectivity index (χ2n) is 0.183. The molecule has 0 aromatic heterocycles. The van der Waals surface area contributed by atoms with E-state index in [1.165, 1.54) is 0 Å². The normalized spacial score (nSPS) is 4.80. The van der Waals surface area contributed by atoms with Crippen LogP contribution in [0.4, 0.5) is 0 Å². The van der Waals surface area contributed by atoms with Crippen LogP contribution in [-0.2, 0) is 30.4 Å². The zero-order valence-corrected chi connectivity index (χ0v) is 6.47. The van der Waals surface area contributed by atoms with E-state index in [0.29, 0.717) is 0 Å². The summed E-state index contributed by atoms with van der Waals surface area (Å²) >= 11 is 1.78. The van der Waals surface area contributed by atoms with Gasteiger partial charge in [-0.1, -0.05) is 0 Å². The van der Waals surface area contributed by atoms with Gasteiger partial charge in [0.25, 0.3) is 0 Å². The molecule has 0 aliphatic rings. The van der Waals surface area contributed by atoms with Crippen LogP contribution in [0.3, 0.4) is 0 Å². The van der Waals surface area contributed by atoms with E-state index in [4.69, 9.17) is 4.21 Å². The first-order valence-corrected chi connectivity index (χ1v) is 4.82. The van der Waals surface area contributed by atoms with Gasteiger partial charge in [0.1, 0.15) is 0 Å². The third-order valence-corrected chi connectivity index (χ3v) is 0. The van der Waals surface area contributed by atoms with Crippen molar-refractivity contribution < 1.29 is 23.0 Å². The van der Waals surface area contributed by atoms with E-state index < -0.39 is 0 Å². The Labute approximate surface area is 50.4 Å². The summed E-state index contributed by atoms with van der Waals surface area (Å²) in [6.07, 6.45) is 1.54. The van der Waals surface area contributed by atoms with Crippen LogP contribution in [0, 0.1) is 0 Å². The summed E-state index contributed by atoms with van der Waals surface area (Å²) in [5.41, 5.74) is 0. The molecular weight excluding hydrogens is 291 g/mol. The van der Waals surface area contributed by atoms with E-state index >= 15 is 0 Å². The number of rotatable bonds is 0. The molecule has 0 aromatic carbocycles. The van der Waals surface area contributed by atoms with Gasteiger partial charge in [-0.25, -0.2) is 0 Å². The van der Waals surface area contributed by atoms with Crippen molar-refractivity contribution >= 4 is 21.1 Å². The van der Waals surface area contributed by atoms with Crippen molar-refractivity contribution in [2.24, 2.45) is 0 Å². The van der Waals surface area contributed by atoms with E-state index in [0.717, 1.165) is 0 Å². The van der Waals surface area contributed by atoms with E-state index in [-0.39, 0.29) is 11.7 Å². The predicted molar refractivity (Wildman–Crippen MR) is 21.3 cm³/mol.